The van der Waals surface area contributed by atoms with Crippen molar-refractivity contribution in [1.82, 2.24) is 10.2 Å². The molecule has 1 fully saturated rings. The molecule has 0 radical (unpaired) electrons. The number of benzene rings is 1. The second-order valence-electron chi connectivity index (χ2n) is 5.06. The van der Waals surface area contributed by atoms with Gasteiger partial charge in [0.1, 0.15) is 6.04 Å². The van der Waals surface area contributed by atoms with Gasteiger partial charge in [0.15, 0.2) is 0 Å². The van der Waals surface area contributed by atoms with Gasteiger partial charge < -0.3 is 10.2 Å². The van der Waals surface area contributed by atoms with Crippen LogP contribution in [-0.4, -0.2) is 35.8 Å². The molecule has 0 unspecified atom stereocenters. The molecule has 108 valence electrons. The number of piperidine rings is 1. The van der Waals surface area contributed by atoms with Gasteiger partial charge in [0, 0.05) is 13.1 Å². The first-order valence-electron chi connectivity index (χ1n) is 6.94. The summed E-state index contributed by atoms with van der Waals surface area (Å²) >= 11 is 5.97. The number of likely N-dealkylation sites (tertiary alicyclic amines) is 1. The minimum atomic E-state index is -0.531. The number of hydrogen-bond donors (Lipinski definition) is 1. The summed E-state index contributed by atoms with van der Waals surface area (Å²) in [6.07, 6.45) is 3.25. The molecule has 5 heteroatoms. The van der Waals surface area contributed by atoms with E-state index in [0.717, 1.165) is 25.9 Å². The molecule has 0 aliphatic carbocycles. The second-order valence-corrected chi connectivity index (χ2v) is 5.47. The minimum Gasteiger partial charge on any atom is -0.341 e. The highest BCUT2D eigenvalue weighted by Gasteiger charge is 2.24. The lowest BCUT2D eigenvalue weighted by molar-refractivity contribution is -0.133. The van der Waals surface area contributed by atoms with Crippen LogP contribution in [0.3, 0.4) is 0 Å². The maximum absolute atomic E-state index is 12.2. The summed E-state index contributed by atoms with van der Waals surface area (Å²) in [7, 11) is 0. The molecule has 1 atom stereocenters. The number of nitrogens with zero attached hydrogens (tertiary/aromatic N) is 1. The molecule has 4 nitrogen and oxygen atoms in total. The molecule has 1 saturated heterocycles. The van der Waals surface area contributed by atoms with Crippen LogP contribution in [0.4, 0.5) is 0 Å². The highest BCUT2D eigenvalue weighted by molar-refractivity contribution is 6.33. The zero-order valence-electron chi connectivity index (χ0n) is 11.6. The Morgan fingerprint density at radius 2 is 1.85 bits per heavy atom. The largest absolute Gasteiger partial charge is 0.341 e. The molecule has 0 bridgehead atoms. The number of nitrogens with one attached hydrogen (secondary N) is 1. The molecule has 1 aromatic rings. The van der Waals surface area contributed by atoms with Gasteiger partial charge in [0.05, 0.1) is 10.6 Å². The number of amides is 2. The quantitative estimate of drug-likeness (QED) is 0.931. The van der Waals surface area contributed by atoms with Crippen molar-refractivity contribution in [2.75, 3.05) is 13.1 Å². The molecule has 1 aromatic carbocycles. The van der Waals surface area contributed by atoms with E-state index in [1.54, 1.807) is 31.2 Å². The highest BCUT2D eigenvalue weighted by atomic mass is 35.5. The first-order valence-corrected chi connectivity index (χ1v) is 7.31. The van der Waals surface area contributed by atoms with Crippen LogP contribution < -0.4 is 5.32 Å². The Hall–Kier alpha value is -1.55. The third kappa shape index (κ3) is 3.51. The molecular formula is C15H19ClN2O2. The Bertz CT molecular complexity index is 498. The second kappa shape index (κ2) is 6.75. The van der Waals surface area contributed by atoms with Crippen molar-refractivity contribution < 1.29 is 9.59 Å². The topological polar surface area (TPSA) is 49.4 Å². The van der Waals surface area contributed by atoms with E-state index in [2.05, 4.69) is 5.32 Å². The lowest BCUT2D eigenvalue weighted by Crippen LogP contribution is -2.48. The van der Waals surface area contributed by atoms with Gasteiger partial charge >= 0.3 is 0 Å². The summed E-state index contributed by atoms with van der Waals surface area (Å²) in [6.45, 7) is 3.28. The van der Waals surface area contributed by atoms with E-state index >= 15 is 0 Å². The third-order valence-corrected chi connectivity index (χ3v) is 3.83. The van der Waals surface area contributed by atoms with Crippen LogP contribution in [0.15, 0.2) is 24.3 Å². The zero-order valence-corrected chi connectivity index (χ0v) is 12.3. The predicted molar refractivity (Wildman–Crippen MR) is 78.8 cm³/mol. The van der Waals surface area contributed by atoms with Crippen LogP contribution in [0.1, 0.15) is 36.5 Å². The van der Waals surface area contributed by atoms with Crippen LogP contribution in [0.25, 0.3) is 0 Å². The van der Waals surface area contributed by atoms with Crippen molar-refractivity contribution in [3.8, 4) is 0 Å². The third-order valence-electron chi connectivity index (χ3n) is 3.50. The van der Waals surface area contributed by atoms with Gasteiger partial charge in [0.2, 0.25) is 5.91 Å². The molecule has 1 aliphatic rings. The fraction of sp³-hybridized carbons (Fsp3) is 0.467. The van der Waals surface area contributed by atoms with Crippen LogP contribution in [0.2, 0.25) is 5.02 Å². The van der Waals surface area contributed by atoms with Crippen LogP contribution in [0, 0.1) is 0 Å². The molecule has 20 heavy (non-hydrogen) atoms. The maximum Gasteiger partial charge on any atom is 0.253 e. The molecule has 0 spiro atoms. The lowest BCUT2D eigenvalue weighted by atomic mass is 10.1. The number of rotatable bonds is 3. The standard InChI is InChI=1S/C15H19ClN2O2/c1-11(15(20)18-9-5-2-6-10-18)17-14(19)12-7-3-4-8-13(12)16/h3-4,7-8,11H,2,5-6,9-10H2,1H3,(H,17,19)/t11-/m0/s1. The van der Waals surface area contributed by atoms with Gasteiger partial charge in [0.25, 0.3) is 5.91 Å². The minimum absolute atomic E-state index is 0.0231. The maximum atomic E-state index is 12.2. The average Bonchev–Trinajstić information content (AvgIpc) is 2.47. The first kappa shape index (κ1) is 14.9. The van der Waals surface area contributed by atoms with E-state index in [-0.39, 0.29) is 11.8 Å². The van der Waals surface area contributed by atoms with E-state index in [4.69, 9.17) is 11.6 Å². The van der Waals surface area contributed by atoms with E-state index in [1.165, 1.54) is 6.42 Å². The van der Waals surface area contributed by atoms with Gasteiger partial charge in [-0.3, -0.25) is 9.59 Å². The Kier molecular flexibility index (Phi) is 5.01. The van der Waals surface area contributed by atoms with Crippen molar-refractivity contribution in [3.63, 3.8) is 0 Å². The Labute approximate surface area is 124 Å². The number of carbonyl (C=O) groups excluding carboxylic acids is 2. The van der Waals surface area contributed by atoms with Gasteiger partial charge in [-0.25, -0.2) is 0 Å². The van der Waals surface area contributed by atoms with Crippen LogP contribution in [0.5, 0.6) is 0 Å². The van der Waals surface area contributed by atoms with Gasteiger partial charge in [-0.05, 0) is 38.3 Å². The predicted octanol–water partition coefficient (Wildman–Crippen LogP) is 2.47. The number of halogens is 1. The number of hydrogen-bond acceptors (Lipinski definition) is 2. The Balaban J connectivity index is 1.97. The van der Waals surface area contributed by atoms with Gasteiger partial charge in [-0.2, -0.15) is 0 Å². The van der Waals surface area contributed by atoms with Crippen molar-refractivity contribution in [3.05, 3.63) is 34.9 Å². The average molecular weight is 295 g/mol. The highest BCUT2D eigenvalue weighted by Crippen LogP contribution is 2.15. The summed E-state index contributed by atoms with van der Waals surface area (Å²) in [5.74, 6) is -0.335. The SMILES string of the molecule is C[C@H](NC(=O)c1ccccc1Cl)C(=O)N1CCCCC1. The summed E-state index contributed by atoms with van der Waals surface area (Å²) in [5.41, 5.74) is 0.396. The fourth-order valence-corrected chi connectivity index (χ4v) is 2.59. The number of carbonyl (C=O) groups is 2. The lowest BCUT2D eigenvalue weighted by Gasteiger charge is -2.29. The van der Waals surface area contributed by atoms with E-state index in [1.807, 2.05) is 4.90 Å². The normalized spacial score (nSPS) is 16.6. The molecule has 1 N–H and O–H groups in total. The smallest absolute Gasteiger partial charge is 0.253 e. The molecule has 2 rings (SSSR count). The molecule has 0 aromatic heterocycles. The molecular weight excluding hydrogens is 276 g/mol. The first-order chi connectivity index (χ1) is 9.59. The molecule has 2 amide bonds. The van der Waals surface area contributed by atoms with Crippen molar-refractivity contribution >= 4 is 23.4 Å². The van der Waals surface area contributed by atoms with Crippen molar-refractivity contribution in [2.24, 2.45) is 0 Å². The van der Waals surface area contributed by atoms with Gasteiger partial charge in [-0.15, -0.1) is 0 Å². The van der Waals surface area contributed by atoms with E-state index < -0.39 is 6.04 Å². The monoisotopic (exact) mass is 294 g/mol. The molecule has 0 saturated carbocycles. The van der Waals surface area contributed by atoms with E-state index in [9.17, 15) is 9.59 Å². The van der Waals surface area contributed by atoms with E-state index in [0.29, 0.717) is 10.6 Å². The Morgan fingerprint density at radius 3 is 2.50 bits per heavy atom. The summed E-state index contributed by atoms with van der Waals surface area (Å²) in [5, 5.41) is 3.11. The summed E-state index contributed by atoms with van der Waals surface area (Å²) in [6, 6.07) is 6.29. The molecule has 1 heterocycles. The molecule has 1 aliphatic heterocycles. The van der Waals surface area contributed by atoms with Crippen molar-refractivity contribution in [2.45, 2.75) is 32.2 Å². The fourth-order valence-electron chi connectivity index (χ4n) is 2.37. The van der Waals surface area contributed by atoms with Gasteiger partial charge in [-0.1, -0.05) is 23.7 Å². The zero-order chi connectivity index (χ0) is 14.5. The van der Waals surface area contributed by atoms with Crippen molar-refractivity contribution in [1.29, 1.82) is 0 Å². The summed E-state index contributed by atoms with van der Waals surface area (Å²) < 4.78 is 0. The van der Waals surface area contributed by atoms with Crippen LogP contribution in [-0.2, 0) is 4.79 Å². The summed E-state index contributed by atoms with van der Waals surface area (Å²) in [4.78, 5) is 26.1. The van der Waals surface area contributed by atoms with Crippen LogP contribution >= 0.6 is 11.6 Å². The Morgan fingerprint density at radius 1 is 1.20 bits per heavy atom.